The molecule has 0 radical (unpaired) electrons. The molecule has 0 amide bonds. The van der Waals surface area contributed by atoms with Crippen molar-refractivity contribution in [1.82, 2.24) is 14.9 Å². The standard InChI is InChI=1S/C17H15ClFN3O3S/c1-11-10-14(19)6-7-15(11)26(23,24)20-9-8-16-21-17(22-25-16)12-2-4-13(18)5-3-12/h2-7,10,20H,8-9H2,1H3. The van der Waals surface area contributed by atoms with E-state index in [1.165, 1.54) is 19.1 Å². The van der Waals surface area contributed by atoms with Gasteiger partial charge >= 0.3 is 0 Å². The summed E-state index contributed by atoms with van der Waals surface area (Å²) in [5.41, 5.74) is 1.08. The number of hydrogen-bond donors (Lipinski definition) is 1. The van der Waals surface area contributed by atoms with Crippen LogP contribution in [0, 0.1) is 12.7 Å². The Morgan fingerprint density at radius 3 is 2.62 bits per heavy atom. The molecular weight excluding hydrogens is 381 g/mol. The molecule has 3 aromatic rings. The third-order valence-electron chi connectivity index (χ3n) is 3.63. The van der Waals surface area contributed by atoms with Crippen molar-refractivity contribution in [3.63, 3.8) is 0 Å². The lowest BCUT2D eigenvalue weighted by Crippen LogP contribution is -2.26. The van der Waals surface area contributed by atoms with Crippen LogP contribution in [0.15, 0.2) is 51.9 Å². The van der Waals surface area contributed by atoms with Crippen molar-refractivity contribution in [3.05, 3.63) is 64.8 Å². The molecule has 1 aromatic heterocycles. The van der Waals surface area contributed by atoms with E-state index in [-0.39, 0.29) is 17.9 Å². The SMILES string of the molecule is Cc1cc(F)ccc1S(=O)(=O)NCCc1nc(-c2ccc(Cl)cc2)no1. The van der Waals surface area contributed by atoms with Crippen LogP contribution >= 0.6 is 11.6 Å². The summed E-state index contributed by atoms with van der Waals surface area (Å²) in [5.74, 6) is 0.212. The van der Waals surface area contributed by atoms with Gasteiger partial charge in [-0.15, -0.1) is 0 Å². The van der Waals surface area contributed by atoms with E-state index in [0.717, 1.165) is 11.6 Å². The molecule has 0 aliphatic carbocycles. The molecule has 2 aromatic carbocycles. The minimum absolute atomic E-state index is 0.0336. The predicted molar refractivity (Wildman–Crippen MR) is 94.8 cm³/mol. The quantitative estimate of drug-likeness (QED) is 0.691. The first-order chi connectivity index (χ1) is 12.3. The van der Waals surface area contributed by atoms with Crippen LogP contribution in [0.2, 0.25) is 5.02 Å². The lowest BCUT2D eigenvalue weighted by atomic mass is 10.2. The van der Waals surface area contributed by atoms with Gasteiger partial charge in [-0.2, -0.15) is 4.98 Å². The number of sulfonamides is 1. The average Bonchev–Trinajstić information content (AvgIpc) is 3.04. The molecule has 0 saturated carbocycles. The van der Waals surface area contributed by atoms with Crippen molar-refractivity contribution in [2.45, 2.75) is 18.2 Å². The number of benzene rings is 2. The van der Waals surface area contributed by atoms with Gasteiger partial charge in [0.1, 0.15) is 5.82 Å². The van der Waals surface area contributed by atoms with E-state index < -0.39 is 15.8 Å². The van der Waals surface area contributed by atoms with Gasteiger partial charge in [-0.1, -0.05) is 16.8 Å². The smallest absolute Gasteiger partial charge is 0.240 e. The molecule has 1 N–H and O–H groups in total. The highest BCUT2D eigenvalue weighted by Gasteiger charge is 2.17. The molecule has 0 unspecified atom stereocenters. The van der Waals surface area contributed by atoms with Crippen molar-refractivity contribution >= 4 is 21.6 Å². The minimum atomic E-state index is -3.75. The zero-order chi connectivity index (χ0) is 18.7. The third kappa shape index (κ3) is 4.27. The topological polar surface area (TPSA) is 85.1 Å². The van der Waals surface area contributed by atoms with Crippen molar-refractivity contribution in [2.75, 3.05) is 6.54 Å². The van der Waals surface area contributed by atoms with Crippen LogP contribution < -0.4 is 4.72 Å². The van der Waals surface area contributed by atoms with Gasteiger partial charge in [0.15, 0.2) is 0 Å². The number of rotatable bonds is 6. The van der Waals surface area contributed by atoms with Gasteiger partial charge in [0.25, 0.3) is 0 Å². The molecule has 0 saturated heterocycles. The number of nitrogens with zero attached hydrogens (tertiary/aromatic N) is 2. The van der Waals surface area contributed by atoms with E-state index in [1.54, 1.807) is 24.3 Å². The average molecular weight is 396 g/mol. The van der Waals surface area contributed by atoms with Crippen LogP contribution in [0.3, 0.4) is 0 Å². The number of aromatic nitrogens is 2. The summed E-state index contributed by atoms with van der Waals surface area (Å²) in [6, 6.07) is 10.5. The van der Waals surface area contributed by atoms with Crippen LogP contribution in [-0.4, -0.2) is 25.1 Å². The molecule has 0 spiro atoms. The number of halogens is 2. The molecule has 0 atom stereocenters. The summed E-state index contributed by atoms with van der Waals surface area (Å²) in [6.07, 6.45) is 0.222. The summed E-state index contributed by atoms with van der Waals surface area (Å²) in [5, 5.41) is 4.47. The van der Waals surface area contributed by atoms with Gasteiger partial charge in [-0.05, 0) is 55.0 Å². The Balaban J connectivity index is 1.64. The predicted octanol–water partition coefficient (Wildman–Crippen LogP) is 3.36. The first-order valence-corrected chi connectivity index (χ1v) is 9.55. The Bertz CT molecular complexity index is 1020. The largest absolute Gasteiger partial charge is 0.339 e. The van der Waals surface area contributed by atoms with E-state index in [0.29, 0.717) is 22.3 Å². The number of hydrogen-bond acceptors (Lipinski definition) is 5. The fourth-order valence-corrected chi connectivity index (χ4v) is 3.74. The summed E-state index contributed by atoms with van der Waals surface area (Å²) in [4.78, 5) is 4.26. The lowest BCUT2D eigenvalue weighted by Gasteiger charge is -2.08. The van der Waals surface area contributed by atoms with E-state index >= 15 is 0 Å². The Hall–Kier alpha value is -2.29. The lowest BCUT2D eigenvalue weighted by molar-refractivity contribution is 0.379. The van der Waals surface area contributed by atoms with Crippen LogP contribution in [0.1, 0.15) is 11.5 Å². The van der Waals surface area contributed by atoms with Crippen molar-refractivity contribution < 1.29 is 17.3 Å². The molecule has 3 rings (SSSR count). The first kappa shape index (κ1) is 18.5. The summed E-state index contributed by atoms with van der Waals surface area (Å²) >= 11 is 5.84. The maximum Gasteiger partial charge on any atom is 0.240 e. The van der Waals surface area contributed by atoms with Gasteiger partial charge < -0.3 is 4.52 Å². The molecule has 1 heterocycles. The Kier molecular flexibility index (Phi) is 5.36. The van der Waals surface area contributed by atoms with E-state index in [9.17, 15) is 12.8 Å². The zero-order valence-electron chi connectivity index (χ0n) is 13.7. The van der Waals surface area contributed by atoms with Crippen molar-refractivity contribution in [1.29, 1.82) is 0 Å². The molecule has 0 bridgehead atoms. The van der Waals surface area contributed by atoms with Gasteiger partial charge in [0.2, 0.25) is 21.7 Å². The highest BCUT2D eigenvalue weighted by molar-refractivity contribution is 7.89. The normalized spacial score (nSPS) is 11.7. The molecule has 0 aliphatic rings. The highest BCUT2D eigenvalue weighted by Crippen LogP contribution is 2.19. The molecule has 136 valence electrons. The van der Waals surface area contributed by atoms with E-state index in [4.69, 9.17) is 16.1 Å². The molecular formula is C17H15ClFN3O3S. The monoisotopic (exact) mass is 395 g/mol. The molecule has 9 heteroatoms. The second kappa shape index (κ2) is 7.53. The van der Waals surface area contributed by atoms with E-state index in [1.807, 2.05) is 0 Å². The third-order valence-corrected chi connectivity index (χ3v) is 5.50. The highest BCUT2D eigenvalue weighted by atomic mass is 35.5. The molecule has 26 heavy (non-hydrogen) atoms. The van der Waals surface area contributed by atoms with E-state index in [2.05, 4.69) is 14.9 Å². The summed E-state index contributed by atoms with van der Waals surface area (Å²) in [7, 11) is -3.75. The zero-order valence-corrected chi connectivity index (χ0v) is 15.3. The first-order valence-electron chi connectivity index (χ1n) is 7.69. The maximum absolute atomic E-state index is 13.1. The van der Waals surface area contributed by atoms with Crippen LogP contribution in [0.5, 0.6) is 0 Å². The Labute approximate surface area is 155 Å². The molecule has 0 aliphatic heterocycles. The van der Waals surface area contributed by atoms with Gasteiger partial charge in [0, 0.05) is 23.6 Å². The second-order valence-corrected chi connectivity index (χ2v) is 7.75. The maximum atomic E-state index is 13.1. The van der Waals surface area contributed by atoms with Crippen molar-refractivity contribution in [3.8, 4) is 11.4 Å². The van der Waals surface area contributed by atoms with Crippen LogP contribution in [0.25, 0.3) is 11.4 Å². The van der Waals surface area contributed by atoms with Crippen LogP contribution in [0.4, 0.5) is 4.39 Å². The molecule has 0 fully saturated rings. The second-order valence-electron chi connectivity index (χ2n) is 5.58. The van der Waals surface area contributed by atoms with Gasteiger partial charge in [0.05, 0.1) is 4.90 Å². The minimum Gasteiger partial charge on any atom is -0.339 e. The summed E-state index contributed by atoms with van der Waals surface area (Å²) < 4.78 is 45.3. The number of aryl methyl sites for hydroxylation is 1. The van der Waals surface area contributed by atoms with Crippen molar-refractivity contribution in [2.24, 2.45) is 0 Å². The number of nitrogens with one attached hydrogen (secondary N) is 1. The fourth-order valence-electron chi connectivity index (χ4n) is 2.36. The van der Waals surface area contributed by atoms with Crippen LogP contribution in [-0.2, 0) is 16.4 Å². The fraction of sp³-hybridized carbons (Fsp3) is 0.176. The van der Waals surface area contributed by atoms with Gasteiger partial charge in [-0.25, -0.2) is 17.5 Å². The Morgan fingerprint density at radius 1 is 1.19 bits per heavy atom. The van der Waals surface area contributed by atoms with Gasteiger partial charge in [-0.3, -0.25) is 0 Å². The summed E-state index contributed by atoms with van der Waals surface area (Å²) in [6.45, 7) is 1.61. The Morgan fingerprint density at radius 2 is 1.92 bits per heavy atom. The molecule has 6 nitrogen and oxygen atoms in total.